The zero-order chi connectivity index (χ0) is 12.2. The highest BCUT2D eigenvalue weighted by Gasteiger charge is 2.03. The number of nitrogens with one attached hydrogen (secondary N) is 1. The summed E-state index contributed by atoms with van der Waals surface area (Å²) in [7, 11) is 0. The highest BCUT2D eigenvalue weighted by atomic mass is 16.5. The topological polar surface area (TPSA) is 76.6 Å². The maximum atomic E-state index is 5.71. The summed E-state index contributed by atoms with van der Waals surface area (Å²) >= 11 is 0. The van der Waals surface area contributed by atoms with Crippen molar-refractivity contribution in [3.05, 3.63) is 42.4 Å². The van der Waals surface area contributed by atoms with Crippen molar-refractivity contribution in [2.24, 2.45) is 0 Å². The van der Waals surface area contributed by atoms with Crippen molar-refractivity contribution in [3.63, 3.8) is 0 Å². The molecule has 0 unspecified atom stereocenters. The molecule has 1 N–H and O–H groups in total. The molecule has 0 bridgehead atoms. The van der Waals surface area contributed by atoms with Crippen molar-refractivity contribution < 1.29 is 4.74 Å². The number of rotatable bonds is 4. The van der Waals surface area contributed by atoms with Crippen LogP contribution in [-0.4, -0.2) is 32.2 Å². The normalized spacial score (nSPS) is 10.7. The average molecular weight is 241 g/mol. The van der Waals surface area contributed by atoms with Gasteiger partial charge in [-0.15, -0.1) is 10.2 Å². The largest absolute Gasteiger partial charge is 0.491 e. The molecule has 0 aliphatic rings. The Balaban J connectivity index is 1.74. The van der Waals surface area contributed by atoms with Crippen LogP contribution in [0.25, 0.3) is 10.9 Å². The fourth-order valence-corrected chi connectivity index (χ4v) is 1.73. The Kier molecular flexibility index (Phi) is 2.83. The molecular formula is C12H11N5O. The average Bonchev–Trinajstić information content (AvgIpc) is 2.92. The Morgan fingerprint density at radius 3 is 3.00 bits per heavy atom. The van der Waals surface area contributed by atoms with Crippen molar-refractivity contribution >= 4 is 10.9 Å². The third-order valence-electron chi connectivity index (χ3n) is 2.57. The molecule has 3 aromatic rings. The summed E-state index contributed by atoms with van der Waals surface area (Å²) in [6.07, 6.45) is 2.37. The number of aromatic nitrogens is 5. The van der Waals surface area contributed by atoms with E-state index in [9.17, 15) is 0 Å². The molecule has 0 saturated carbocycles. The van der Waals surface area contributed by atoms with Crippen LogP contribution in [0.1, 0.15) is 5.82 Å². The van der Waals surface area contributed by atoms with Gasteiger partial charge in [0, 0.05) is 18.0 Å². The number of nitrogens with zero attached hydrogens (tertiary/aromatic N) is 4. The molecule has 1 aromatic carbocycles. The van der Waals surface area contributed by atoms with E-state index >= 15 is 0 Å². The first-order valence-electron chi connectivity index (χ1n) is 5.62. The van der Waals surface area contributed by atoms with E-state index in [1.807, 2.05) is 30.3 Å². The molecule has 18 heavy (non-hydrogen) atoms. The van der Waals surface area contributed by atoms with Crippen molar-refractivity contribution in [2.45, 2.75) is 6.42 Å². The van der Waals surface area contributed by atoms with Gasteiger partial charge in [0.2, 0.25) is 0 Å². The second-order valence-electron chi connectivity index (χ2n) is 3.76. The smallest absolute Gasteiger partial charge is 0.177 e. The van der Waals surface area contributed by atoms with Gasteiger partial charge in [0.05, 0.1) is 6.61 Å². The molecule has 90 valence electrons. The van der Waals surface area contributed by atoms with Crippen LogP contribution < -0.4 is 4.74 Å². The van der Waals surface area contributed by atoms with Gasteiger partial charge in [-0.3, -0.25) is 4.98 Å². The number of benzene rings is 1. The minimum atomic E-state index is 0.495. The van der Waals surface area contributed by atoms with Gasteiger partial charge < -0.3 is 4.74 Å². The minimum Gasteiger partial charge on any atom is -0.491 e. The lowest BCUT2D eigenvalue weighted by atomic mass is 10.2. The monoisotopic (exact) mass is 241 g/mol. The molecular weight excluding hydrogens is 230 g/mol. The summed E-state index contributed by atoms with van der Waals surface area (Å²) in [6.45, 7) is 0.495. The summed E-state index contributed by atoms with van der Waals surface area (Å²) in [5, 5.41) is 14.7. The van der Waals surface area contributed by atoms with Gasteiger partial charge >= 0.3 is 0 Å². The third-order valence-corrected chi connectivity index (χ3v) is 2.57. The number of hydrogen-bond acceptors (Lipinski definition) is 5. The molecule has 6 heteroatoms. The number of para-hydroxylation sites is 1. The fourth-order valence-electron chi connectivity index (χ4n) is 1.73. The zero-order valence-electron chi connectivity index (χ0n) is 9.58. The van der Waals surface area contributed by atoms with Crippen LogP contribution >= 0.6 is 0 Å². The Hall–Kier alpha value is -2.50. The summed E-state index contributed by atoms with van der Waals surface area (Å²) in [4.78, 5) is 4.32. The lowest BCUT2D eigenvalue weighted by Gasteiger charge is -2.07. The number of aromatic amines is 1. The predicted molar refractivity (Wildman–Crippen MR) is 65.1 cm³/mol. The lowest BCUT2D eigenvalue weighted by molar-refractivity contribution is 0.322. The van der Waals surface area contributed by atoms with Crippen molar-refractivity contribution in [1.82, 2.24) is 25.6 Å². The standard InChI is InChI=1S/C12H11N5O/c1-3-9-4-2-7-13-12(9)10(5-1)18-8-6-11-14-16-17-15-11/h1-5,7H,6,8H2,(H,14,15,16,17). The summed E-state index contributed by atoms with van der Waals surface area (Å²) < 4.78 is 5.71. The van der Waals surface area contributed by atoms with Crippen LogP contribution in [0.2, 0.25) is 0 Å². The van der Waals surface area contributed by atoms with Crippen LogP contribution in [0, 0.1) is 0 Å². The van der Waals surface area contributed by atoms with E-state index in [4.69, 9.17) is 4.74 Å². The minimum absolute atomic E-state index is 0.495. The number of hydrogen-bond donors (Lipinski definition) is 1. The van der Waals surface area contributed by atoms with Gasteiger partial charge in [-0.05, 0) is 12.1 Å². The van der Waals surface area contributed by atoms with Crippen LogP contribution in [0.15, 0.2) is 36.5 Å². The van der Waals surface area contributed by atoms with Gasteiger partial charge in [-0.2, -0.15) is 5.21 Å². The first kappa shape index (κ1) is 10.6. The highest BCUT2D eigenvalue weighted by Crippen LogP contribution is 2.22. The maximum absolute atomic E-state index is 5.71. The van der Waals surface area contributed by atoms with E-state index in [0.717, 1.165) is 16.7 Å². The third kappa shape index (κ3) is 2.13. The van der Waals surface area contributed by atoms with Crippen molar-refractivity contribution in [3.8, 4) is 5.75 Å². The van der Waals surface area contributed by atoms with Crippen molar-refractivity contribution in [2.75, 3.05) is 6.61 Å². The Morgan fingerprint density at radius 2 is 2.11 bits per heavy atom. The molecule has 0 atom stereocenters. The first-order valence-corrected chi connectivity index (χ1v) is 5.62. The van der Waals surface area contributed by atoms with E-state index in [1.165, 1.54) is 0 Å². The fraction of sp³-hybridized carbons (Fsp3) is 0.167. The SMILES string of the molecule is c1cnc2c(OCCc3nn[nH]n3)cccc2c1. The maximum Gasteiger partial charge on any atom is 0.177 e. The number of pyridine rings is 1. The Labute approximate surface area is 103 Å². The Morgan fingerprint density at radius 1 is 1.17 bits per heavy atom. The molecule has 0 aliphatic carbocycles. The van der Waals surface area contributed by atoms with Crippen LogP contribution in [0.3, 0.4) is 0 Å². The molecule has 0 spiro atoms. The molecule has 0 aliphatic heterocycles. The van der Waals surface area contributed by atoms with E-state index in [0.29, 0.717) is 18.9 Å². The molecule has 2 aromatic heterocycles. The first-order chi connectivity index (χ1) is 8.93. The summed E-state index contributed by atoms with van der Waals surface area (Å²) in [6, 6.07) is 9.79. The predicted octanol–water partition coefficient (Wildman–Crippen LogP) is 1.37. The molecule has 0 amide bonds. The quantitative estimate of drug-likeness (QED) is 0.746. The molecule has 0 fully saturated rings. The van der Waals surface area contributed by atoms with E-state index in [1.54, 1.807) is 6.20 Å². The van der Waals surface area contributed by atoms with Crippen LogP contribution in [0.5, 0.6) is 5.75 Å². The lowest BCUT2D eigenvalue weighted by Crippen LogP contribution is -2.03. The van der Waals surface area contributed by atoms with Crippen LogP contribution in [-0.2, 0) is 6.42 Å². The number of tetrazole rings is 1. The molecule has 0 saturated heterocycles. The second kappa shape index (κ2) is 4.79. The second-order valence-corrected chi connectivity index (χ2v) is 3.76. The van der Waals surface area contributed by atoms with Gasteiger partial charge in [0.25, 0.3) is 0 Å². The van der Waals surface area contributed by atoms with Gasteiger partial charge in [0.1, 0.15) is 11.3 Å². The Bertz CT molecular complexity index is 633. The van der Waals surface area contributed by atoms with Gasteiger partial charge in [-0.1, -0.05) is 23.4 Å². The zero-order valence-corrected chi connectivity index (χ0v) is 9.58. The highest BCUT2D eigenvalue weighted by molar-refractivity contribution is 5.84. The summed E-state index contributed by atoms with van der Waals surface area (Å²) in [5.74, 6) is 1.42. The van der Waals surface area contributed by atoms with E-state index in [2.05, 4.69) is 25.6 Å². The molecule has 6 nitrogen and oxygen atoms in total. The van der Waals surface area contributed by atoms with Crippen LogP contribution in [0.4, 0.5) is 0 Å². The molecule has 3 rings (SSSR count). The number of ether oxygens (including phenoxy) is 1. The molecule has 2 heterocycles. The molecule has 0 radical (unpaired) electrons. The number of fused-ring (bicyclic) bond motifs is 1. The van der Waals surface area contributed by atoms with E-state index in [-0.39, 0.29) is 0 Å². The van der Waals surface area contributed by atoms with Gasteiger partial charge in [-0.25, -0.2) is 0 Å². The summed E-state index contributed by atoms with van der Waals surface area (Å²) in [5.41, 5.74) is 0.869. The van der Waals surface area contributed by atoms with Crippen molar-refractivity contribution in [1.29, 1.82) is 0 Å². The van der Waals surface area contributed by atoms with Gasteiger partial charge in [0.15, 0.2) is 5.82 Å². The van der Waals surface area contributed by atoms with E-state index < -0.39 is 0 Å². The number of H-pyrrole nitrogens is 1.